The van der Waals surface area contributed by atoms with Crippen molar-refractivity contribution in [1.82, 2.24) is 10.3 Å². The van der Waals surface area contributed by atoms with Crippen LogP contribution in [0.25, 0.3) is 0 Å². The molecular weight excluding hydrogens is 178 g/mol. The van der Waals surface area contributed by atoms with Gasteiger partial charge >= 0.3 is 0 Å². The van der Waals surface area contributed by atoms with Crippen molar-refractivity contribution >= 4 is 11.6 Å². The van der Waals surface area contributed by atoms with Crippen molar-refractivity contribution in [3.05, 3.63) is 23.9 Å². The van der Waals surface area contributed by atoms with Crippen molar-refractivity contribution < 1.29 is 4.79 Å². The third-order valence-corrected chi connectivity index (χ3v) is 2.53. The Kier molecular flexibility index (Phi) is 2.45. The van der Waals surface area contributed by atoms with E-state index in [1.165, 1.54) is 0 Å². The Morgan fingerprint density at radius 2 is 2.43 bits per heavy atom. The maximum absolute atomic E-state index is 11.6. The Bertz CT molecular complexity index is 347. The van der Waals surface area contributed by atoms with Crippen LogP contribution in [-0.2, 0) is 11.2 Å². The van der Waals surface area contributed by atoms with Gasteiger partial charge in [0.2, 0.25) is 0 Å². The lowest BCUT2D eigenvalue weighted by molar-refractivity contribution is -0.123. The van der Waals surface area contributed by atoms with Gasteiger partial charge in [0.25, 0.3) is 0 Å². The van der Waals surface area contributed by atoms with Gasteiger partial charge < -0.3 is 11.1 Å². The van der Waals surface area contributed by atoms with E-state index in [2.05, 4.69) is 10.3 Å². The molecule has 1 fully saturated rings. The quantitative estimate of drug-likeness (QED) is 0.705. The van der Waals surface area contributed by atoms with E-state index in [4.69, 9.17) is 5.73 Å². The van der Waals surface area contributed by atoms with E-state index in [0.29, 0.717) is 12.2 Å². The first-order valence-corrected chi connectivity index (χ1v) is 4.70. The second-order valence-corrected chi connectivity index (χ2v) is 3.55. The molecule has 0 aromatic carbocycles. The molecule has 1 aliphatic heterocycles. The number of anilines is 1. The first kappa shape index (κ1) is 9.15. The molecule has 0 amide bonds. The SMILES string of the molecule is Nc1ncccc1CC(=O)C1CNC1. The summed E-state index contributed by atoms with van der Waals surface area (Å²) < 4.78 is 0. The Balaban J connectivity index is 2.03. The van der Waals surface area contributed by atoms with E-state index in [0.717, 1.165) is 18.7 Å². The maximum Gasteiger partial charge on any atom is 0.143 e. The molecule has 0 aliphatic carbocycles. The molecule has 2 heterocycles. The molecule has 1 saturated heterocycles. The first-order chi connectivity index (χ1) is 6.77. The van der Waals surface area contributed by atoms with Gasteiger partial charge in [-0.25, -0.2) is 4.98 Å². The number of nitrogens with one attached hydrogen (secondary N) is 1. The van der Waals surface area contributed by atoms with E-state index in [9.17, 15) is 4.79 Å². The van der Waals surface area contributed by atoms with Crippen molar-refractivity contribution in [2.75, 3.05) is 18.8 Å². The fourth-order valence-electron chi connectivity index (χ4n) is 1.45. The number of nitrogens with zero attached hydrogens (tertiary/aromatic N) is 1. The lowest BCUT2D eigenvalue weighted by Crippen LogP contribution is -2.47. The van der Waals surface area contributed by atoms with Gasteiger partial charge in [-0.3, -0.25) is 4.79 Å². The summed E-state index contributed by atoms with van der Waals surface area (Å²) in [6.07, 6.45) is 2.04. The zero-order chi connectivity index (χ0) is 9.97. The minimum Gasteiger partial charge on any atom is -0.383 e. The summed E-state index contributed by atoms with van der Waals surface area (Å²) in [5, 5.41) is 3.07. The van der Waals surface area contributed by atoms with Gasteiger partial charge in [0, 0.05) is 37.2 Å². The van der Waals surface area contributed by atoms with Crippen LogP contribution in [0.1, 0.15) is 5.56 Å². The molecule has 14 heavy (non-hydrogen) atoms. The lowest BCUT2D eigenvalue weighted by Gasteiger charge is -2.25. The predicted octanol–water partition coefficient (Wildman–Crippen LogP) is -0.00520. The van der Waals surface area contributed by atoms with E-state index in [1.807, 2.05) is 6.07 Å². The number of hydrogen-bond acceptors (Lipinski definition) is 4. The Hall–Kier alpha value is -1.42. The Morgan fingerprint density at radius 3 is 3.00 bits per heavy atom. The van der Waals surface area contributed by atoms with Crippen molar-refractivity contribution in [1.29, 1.82) is 0 Å². The van der Waals surface area contributed by atoms with Gasteiger partial charge in [0.1, 0.15) is 11.6 Å². The smallest absolute Gasteiger partial charge is 0.143 e. The summed E-state index contributed by atoms with van der Waals surface area (Å²) in [5.41, 5.74) is 6.49. The second-order valence-electron chi connectivity index (χ2n) is 3.55. The van der Waals surface area contributed by atoms with E-state index in [1.54, 1.807) is 12.3 Å². The number of ketones is 1. The minimum absolute atomic E-state index is 0.176. The number of carbonyl (C=O) groups excluding carboxylic acids is 1. The molecule has 2 rings (SSSR count). The highest BCUT2D eigenvalue weighted by Crippen LogP contribution is 2.13. The number of pyridine rings is 1. The highest BCUT2D eigenvalue weighted by Gasteiger charge is 2.24. The van der Waals surface area contributed by atoms with E-state index < -0.39 is 0 Å². The van der Waals surface area contributed by atoms with Crippen LogP contribution in [0.4, 0.5) is 5.82 Å². The van der Waals surface area contributed by atoms with Gasteiger partial charge in [0.05, 0.1) is 0 Å². The number of rotatable bonds is 3. The molecule has 0 spiro atoms. The van der Waals surface area contributed by atoms with Crippen LogP contribution in [0.15, 0.2) is 18.3 Å². The largest absolute Gasteiger partial charge is 0.383 e. The van der Waals surface area contributed by atoms with Gasteiger partial charge in [-0.1, -0.05) is 6.07 Å². The van der Waals surface area contributed by atoms with Crippen molar-refractivity contribution in [2.45, 2.75) is 6.42 Å². The molecule has 1 aliphatic rings. The van der Waals surface area contributed by atoms with Crippen LogP contribution < -0.4 is 11.1 Å². The van der Waals surface area contributed by atoms with Crippen molar-refractivity contribution in [3.63, 3.8) is 0 Å². The van der Waals surface area contributed by atoms with Crippen molar-refractivity contribution in [3.8, 4) is 0 Å². The molecule has 0 bridgehead atoms. The molecule has 4 heteroatoms. The number of aromatic nitrogens is 1. The van der Waals surface area contributed by atoms with E-state index in [-0.39, 0.29) is 11.7 Å². The molecule has 0 atom stereocenters. The molecule has 0 saturated carbocycles. The van der Waals surface area contributed by atoms with Crippen LogP contribution in [0, 0.1) is 5.92 Å². The normalized spacial score (nSPS) is 16.3. The second kappa shape index (κ2) is 3.75. The molecular formula is C10H13N3O. The summed E-state index contributed by atoms with van der Waals surface area (Å²) in [5.74, 6) is 0.895. The highest BCUT2D eigenvalue weighted by atomic mass is 16.1. The van der Waals surface area contributed by atoms with Crippen LogP contribution in [0.2, 0.25) is 0 Å². The third kappa shape index (κ3) is 1.75. The number of nitrogen functional groups attached to an aromatic ring is 1. The Labute approximate surface area is 82.5 Å². The van der Waals surface area contributed by atoms with Crippen LogP contribution in [0.3, 0.4) is 0 Å². The summed E-state index contributed by atoms with van der Waals surface area (Å²) in [7, 11) is 0. The number of Topliss-reactive ketones (excluding diaryl/α,β-unsaturated/α-hetero) is 1. The molecule has 3 N–H and O–H groups in total. The van der Waals surface area contributed by atoms with Gasteiger partial charge in [0.15, 0.2) is 0 Å². The van der Waals surface area contributed by atoms with Crippen LogP contribution in [-0.4, -0.2) is 23.9 Å². The molecule has 1 aromatic heterocycles. The summed E-state index contributed by atoms with van der Waals surface area (Å²) in [6, 6.07) is 3.66. The van der Waals surface area contributed by atoms with Gasteiger partial charge in [-0.15, -0.1) is 0 Å². The monoisotopic (exact) mass is 191 g/mol. The van der Waals surface area contributed by atoms with Crippen molar-refractivity contribution in [2.24, 2.45) is 5.92 Å². The average Bonchev–Trinajstić information content (AvgIpc) is 2.05. The number of hydrogen-bond donors (Lipinski definition) is 2. The lowest BCUT2D eigenvalue weighted by atomic mass is 9.93. The minimum atomic E-state index is 0.176. The van der Waals surface area contributed by atoms with Gasteiger partial charge in [-0.05, 0) is 6.07 Å². The first-order valence-electron chi connectivity index (χ1n) is 4.70. The summed E-state index contributed by atoms with van der Waals surface area (Å²) >= 11 is 0. The summed E-state index contributed by atoms with van der Waals surface area (Å²) in [6.45, 7) is 1.61. The molecule has 0 unspecified atom stereocenters. The van der Waals surface area contributed by atoms with E-state index >= 15 is 0 Å². The summed E-state index contributed by atoms with van der Waals surface area (Å²) in [4.78, 5) is 15.6. The molecule has 0 radical (unpaired) electrons. The zero-order valence-corrected chi connectivity index (χ0v) is 7.86. The number of nitrogens with two attached hydrogens (primary N) is 1. The Morgan fingerprint density at radius 1 is 1.64 bits per heavy atom. The topological polar surface area (TPSA) is 68.0 Å². The zero-order valence-electron chi connectivity index (χ0n) is 7.86. The predicted molar refractivity (Wildman–Crippen MR) is 53.7 cm³/mol. The van der Waals surface area contributed by atoms with Crippen LogP contribution in [0.5, 0.6) is 0 Å². The standard InChI is InChI=1S/C10H13N3O/c11-10-7(2-1-3-13-10)4-9(14)8-5-12-6-8/h1-3,8,12H,4-6H2,(H2,11,13). The van der Waals surface area contributed by atoms with Gasteiger partial charge in [-0.2, -0.15) is 0 Å². The average molecular weight is 191 g/mol. The molecule has 1 aromatic rings. The fourth-order valence-corrected chi connectivity index (χ4v) is 1.45. The number of carbonyl (C=O) groups is 1. The molecule has 4 nitrogen and oxygen atoms in total. The van der Waals surface area contributed by atoms with Crippen LogP contribution >= 0.6 is 0 Å². The third-order valence-electron chi connectivity index (χ3n) is 2.53. The fraction of sp³-hybridized carbons (Fsp3) is 0.400. The molecule has 74 valence electrons. The highest BCUT2D eigenvalue weighted by molar-refractivity contribution is 5.85. The maximum atomic E-state index is 11.6.